The predicted octanol–water partition coefficient (Wildman–Crippen LogP) is 6.27. The highest BCUT2D eigenvalue weighted by atomic mass is 32.1. The number of hydrogen-bond donors (Lipinski definition) is 1. The third-order valence-electron chi connectivity index (χ3n) is 6.98. The second-order valence-electron chi connectivity index (χ2n) is 9.72. The summed E-state index contributed by atoms with van der Waals surface area (Å²) < 4.78 is 7.35. The van der Waals surface area contributed by atoms with Gasteiger partial charge in [-0.15, -0.1) is 11.3 Å². The molecular weight excluding hydrogens is 458 g/mol. The lowest BCUT2D eigenvalue weighted by Crippen LogP contribution is -2.39. The Hall–Kier alpha value is -3.06. The number of benzene rings is 1. The fourth-order valence-electron chi connectivity index (χ4n) is 5.40. The number of nitrogens with one attached hydrogen (secondary N) is 1. The Morgan fingerprint density at radius 3 is 2.63 bits per heavy atom. The van der Waals surface area contributed by atoms with Gasteiger partial charge in [-0.25, -0.2) is 4.79 Å². The van der Waals surface area contributed by atoms with Crippen molar-refractivity contribution >= 4 is 29.0 Å². The van der Waals surface area contributed by atoms with Gasteiger partial charge in [0.25, 0.3) is 0 Å². The first kappa shape index (κ1) is 23.7. The molecule has 3 aromatic rings. The standard InChI is InChI=1S/C28H33N3O3S/c1-4-34-25(32)16-19-11-13-20(14-12-19)29-28(33)31-17-22-21-8-5-6-10-24(21)35-27(22)30-15-7-9-23(30)26(31)18(2)3/h7,9,11-15,18,26H,4-6,8,10,16-17H2,1-3H3,(H,29,33)/t26-/m1/s1. The minimum atomic E-state index is -0.244. The molecule has 35 heavy (non-hydrogen) atoms. The van der Waals surface area contributed by atoms with Gasteiger partial charge in [-0.2, -0.15) is 0 Å². The molecule has 3 heterocycles. The van der Waals surface area contributed by atoms with Gasteiger partial charge < -0.3 is 19.5 Å². The second kappa shape index (κ2) is 9.90. The summed E-state index contributed by atoms with van der Waals surface area (Å²) in [4.78, 5) is 29.0. The van der Waals surface area contributed by atoms with Crippen molar-refractivity contribution in [2.45, 2.75) is 65.5 Å². The lowest BCUT2D eigenvalue weighted by molar-refractivity contribution is -0.142. The Morgan fingerprint density at radius 2 is 1.89 bits per heavy atom. The number of nitrogens with zero attached hydrogens (tertiary/aromatic N) is 2. The first-order valence-corrected chi connectivity index (χ1v) is 13.4. The van der Waals surface area contributed by atoms with Crippen LogP contribution in [0, 0.1) is 5.92 Å². The number of carbonyl (C=O) groups excluding carboxylic acids is 2. The molecule has 0 radical (unpaired) electrons. The normalized spacial score (nSPS) is 16.8. The maximum Gasteiger partial charge on any atom is 0.322 e. The molecule has 0 saturated heterocycles. The molecule has 5 rings (SSSR count). The van der Waals surface area contributed by atoms with Crippen LogP contribution in [-0.2, 0) is 35.3 Å². The molecule has 0 spiro atoms. The molecule has 0 fully saturated rings. The SMILES string of the molecule is CCOC(=O)Cc1ccc(NC(=O)N2Cc3c(sc4c3CCCC4)-n3cccc3[C@H]2C(C)C)cc1. The summed E-state index contributed by atoms with van der Waals surface area (Å²) in [5, 5.41) is 4.40. The van der Waals surface area contributed by atoms with E-state index < -0.39 is 0 Å². The average Bonchev–Trinajstić information content (AvgIpc) is 3.42. The van der Waals surface area contributed by atoms with Crippen LogP contribution in [0.25, 0.3) is 5.00 Å². The highest BCUT2D eigenvalue weighted by molar-refractivity contribution is 7.15. The van der Waals surface area contributed by atoms with E-state index in [9.17, 15) is 9.59 Å². The molecule has 7 heteroatoms. The molecule has 1 aliphatic heterocycles. The van der Waals surface area contributed by atoms with Crippen molar-refractivity contribution in [1.29, 1.82) is 0 Å². The van der Waals surface area contributed by atoms with Crippen LogP contribution in [0.4, 0.5) is 10.5 Å². The van der Waals surface area contributed by atoms with Crippen molar-refractivity contribution in [1.82, 2.24) is 9.47 Å². The fraction of sp³-hybridized carbons (Fsp3) is 0.429. The van der Waals surface area contributed by atoms with E-state index in [0.717, 1.165) is 29.8 Å². The van der Waals surface area contributed by atoms with E-state index >= 15 is 0 Å². The molecule has 0 saturated carbocycles. The number of hydrogen-bond acceptors (Lipinski definition) is 4. The smallest absolute Gasteiger partial charge is 0.322 e. The number of rotatable bonds is 5. The van der Waals surface area contributed by atoms with Crippen LogP contribution >= 0.6 is 11.3 Å². The summed E-state index contributed by atoms with van der Waals surface area (Å²) in [7, 11) is 0. The zero-order valence-electron chi connectivity index (χ0n) is 20.7. The molecule has 1 N–H and O–H groups in total. The Labute approximate surface area is 210 Å². The molecule has 1 atom stereocenters. The summed E-state index contributed by atoms with van der Waals surface area (Å²) >= 11 is 1.91. The largest absolute Gasteiger partial charge is 0.466 e. The number of aromatic nitrogens is 1. The van der Waals surface area contributed by atoms with Crippen LogP contribution in [0.5, 0.6) is 0 Å². The summed E-state index contributed by atoms with van der Waals surface area (Å²) in [6.45, 7) is 7.15. The zero-order valence-corrected chi connectivity index (χ0v) is 21.5. The van der Waals surface area contributed by atoms with Gasteiger partial charge in [0.1, 0.15) is 5.00 Å². The topological polar surface area (TPSA) is 63.6 Å². The van der Waals surface area contributed by atoms with E-state index in [0.29, 0.717) is 13.2 Å². The number of anilines is 1. The number of aryl methyl sites for hydroxylation is 1. The minimum Gasteiger partial charge on any atom is -0.466 e. The second-order valence-corrected chi connectivity index (χ2v) is 10.8. The van der Waals surface area contributed by atoms with E-state index in [4.69, 9.17) is 4.74 Å². The third kappa shape index (κ3) is 4.61. The quantitative estimate of drug-likeness (QED) is 0.428. The van der Waals surface area contributed by atoms with Gasteiger partial charge in [-0.3, -0.25) is 4.79 Å². The van der Waals surface area contributed by atoms with Crippen LogP contribution in [0.1, 0.15) is 66.9 Å². The molecule has 6 nitrogen and oxygen atoms in total. The first-order chi connectivity index (χ1) is 17.0. The van der Waals surface area contributed by atoms with Gasteiger partial charge in [0.2, 0.25) is 0 Å². The zero-order chi connectivity index (χ0) is 24.5. The van der Waals surface area contributed by atoms with Crippen LogP contribution in [0.3, 0.4) is 0 Å². The summed E-state index contributed by atoms with van der Waals surface area (Å²) in [6.07, 6.45) is 7.08. The first-order valence-electron chi connectivity index (χ1n) is 12.6. The third-order valence-corrected chi connectivity index (χ3v) is 8.31. The maximum absolute atomic E-state index is 13.7. The van der Waals surface area contributed by atoms with Crippen molar-refractivity contribution in [2.75, 3.05) is 11.9 Å². The lowest BCUT2D eigenvalue weighted by atomic mass is 9.94. The molecule has 1 aromatic carbocycles. The van der Waals surface area contributed by atoms with Crippen LogP contribution in [0.15, 0.2) is 42.6 Å². The van der Waals surface area contributed by atoms with Gasteiger partial charge in [-0.05, 0) is 73.9 Å². The van der Waals surface area contributed by atoms with Crippen LogP contribution < -0.4 is 5.32 Å². The Balaban J connectivity index is 1.44. The fourth-order valence-corrected chi connectivity index (χ4v) is 6.81. The average molecular weight is 492 g/mol. The lowest BCUT2D eigenvalue weighted by Gasteiger charge is -2.33. The monoisotopic (exact) mass is 491 g/mol. The highest BCUT2D eigenvalue weighted by Gasteiger charge is 2.36. The van der Waals surface area contributed by atoms with E-state index in [2.05, 4.69) is 42.1 Å². The number of carbonyl (C=O) groups is 2. The van der Waals surface area contributed by atoms with Crippen molar-refractivity contribution < 1.29 is 14.3 Å². The van der Waals surface area contributed by atoms with Crippen molar-refractivity contribution in [3.63, 3.8) is 0 Å². The highest BCUT2D eigenvalue weighted by Crippen LogP contribution is 2.44. The molecule has 0 bridgehead atoms. The van der Waals surface area contributed by atoms with Gasteiger partial charge in [0.05, 0.1) is 25.6 Å². The molecule has 184 valence electrons. The van der Waals surface area contributed by atoms with Crippen LogP contribution in [0.2, 0.25) is 0 Å². The van der Waals surface area contributed by atoms with Crippen LogP contribution in [-0.4, -0.2) is 28.1 Å². The van der Waals surface area contributed by atoms with Gasteiger partial charge in [0, 0.05) is 28.0 Å². The van der Waals surface area contributed by atoms with E-state index in [1.807, 2.05) is 40.5 Å². The van der Waals surface area contributed by atoms with E-state index in [1.54, 1.807) is 6.92 Å². The van der Waals surface area contributed by atoms with Crippen molar-refractivity contribution in [2.24, 2.45) is 5.92 Å². The number of thiophene rings is 1. The molecule has 2 amide bonds. The predicted molar refractivity (Wildman–Crippen MR) is 139 cm³/mol. The van der Waals surface area contributed by atoms with E-state index in [1.165, 1.54) is 33.8 Å². The van der Waals surface area contributed by atoms with Gasteiger partial charge in [-0.1, -0.05) is 26.0 Å². The summed E-state index contributed by atoms with van der Waals surface area (Å²) in [6, 6.07) is 11.6. The number of urea groups is 1. The number of ether oxygens (including phenoxy) is 1. The van der Waals surface area contributed by atoms with Crippen molar-refractivity contribution in [3.05, 3.63) is 69.9 Å². The van der Waals surface area contributed by atoms with Gasteiger partial charge in [0.15, 0.2) is 0 Å². The Morgan fingerprint density at radius 1 is 1.11 bits per heavy atom. The Kier molecular flexibility index (Phi) is 6.69. The minimum absolute atomic E-state index is 0.0353. The molecule has 2 aromatic heterocycles. The molecule has 0 unspecified atom stereocenters. The Bertz CT molecular complexity index is 1220. The number of esters is 1. The number of amides is 2. The number of fused-ring (bicyclic) bond motifs is 5. The molecular formula is C28H33N3O3S. The molecule has 2 aliphatic rings. The summed E-state index contributed by atoms with van der Waals surface area (Å²) in [5.74, 6) is 0.0118. The molecule has 1 aliphatic carbocycles. The van der Waals surface area contributed by atoms with Crippen molar-refractivity contribution in [3.8, 4) is 5.00 Å². The van der Waals surface area contributed by atoms with Gasteiger partial charge >= 0.3 is 12.0 Å². The maximum atomic E-state index is 13.7. The van der Waals surface area contributed by atoms with E-state index in [-0.39, 0.29) is 30.4 Å². The summed E-state index contributed by atoms with van der Waals surface area (Å²) in [5.41, 5.74) is 5.52.